The summed E-state index contributed by atoms with van der Waals surface area (Å²) < 4.78 is 5.18. The highest BCUT2D eigenvalue weighted by Crippen LogP contribution is 2.19. The van der Waals surface area contributed by atoms with Crippen LogP contribution in [0.4, 0.5) is 4.79 Å². The van der Waals surface area contributed by atoms with Crippen molar-refractivity contribution in [1.29, 1.82) is 0 Å². The van der Waals surface area contributed by atoms with Crippen molar-refractivity contribution in [3.8, 4) is 5.75 Å². The van der Waals surface area contributed by atoms with E-state index in [0.717, 1.165) is 29.7 Å². The van der Waals surface area contributed by atoms with Gasteiger partial charge in [-0.15, -0.1) is 0 Å². The normalized spacial score (nSPS) is 14.3. The van der Waals surface area contributed by atoms with Crippen LogP contribution in [0.2, 0.25) is 0 Å². The molecule has 0 aliphatic heterocycles. The average molecular weight is 323 g/mol. The van der Waals surface area contributed by atoms with Gasteiger partial charge in [0.1, 0.15) is 5.75 Å². The molecule has 1 aliphatic rings. The molecule has 0 heterocycles. The van der Waals surface area contributed by atoms with Crippen LogP contribution < -0.4 is 10.1 Å². The lowest BCUT2D eigenvalue weighted by molar-refractivity contribution is -0.121. The van der Waals surface area contributed by atoms with Crippen molar-refractivity contribution in [2.75, 3.05) is 7.11 Å². The first-order valence-corrected chi connectivity index (χ1v) is 7.77. The van der Waals surface area contributed by atoms with E-state index < -0.39 is 6.16 Å². The third-order valence-electron chi connectivity index (χ3n) is 3.87. The summed E-state index contributed by atoms with van der Waals surface area (Å²) in [6.07, 6.45) is 4.69. The Hall–Kier alpha value is -2.24. The Kier molecular flexibility index (Phi) is 7.94. The molecular formula is C17H25NO5. The fourth-order valence-corrected chi connectivity index (χ4v) is 2.69. The van der Waals surface area contributed by atoms with E-state index in [1.165, 1.54) is 19.3 Å². The molecule has 0 unspecified atom stereocenters. The Morgan fingerprint density at radius 1 is 1.22 bits per heavy atom. The van der Waals surface area contributed by atoms with Gasteiger partial charge in [0.25, 0.3) is 0 Å². The van der Waals surface area contributed by atoms with Crippen LogP contribution in [0.25, 0.3) is 0 Å². The van der Waals surface area contributed by atoms with E-state index in [1.807, 2.05) is 25.1 Å². The number of nitrogens with one attached hydrogen (secondary N) is 1. The van der Waals surface area contributed by atoms with Gasteiger partial charge in [-0.05, 0) is 43.0 Å². The second-order valence-corrected chi connectivity index (χ2v) is 5.65. The number of ether oxygens (including phenoxy) is 1. The van der Waals surface area contributed by atoms with E-state index in [4.69, 9.17) is 19.7 Å². The molecule has 3 N–H and O–H groups in total. The van der Waals surface area contributed by atoms with Crippen LogP contribution in [-0.2, 0) is 11.2 Å². The quantitative estimate of drug-likeness (QED) is 0.790. The van der Waals surface area contributed by atoms with Crippen LogP contribution in [-0.4, -0.2) is 35.4 Å². The minimum Gasteiger partial charge on any atom is -0.497 e. The molecule has 0 spiro atoms. The van der Waals surface area contributed by atoms with E-state index in [2.05, 4.69) is 5.32 Å². The summed E-state index contributed by atoms with van der Waals surface area (Å²) in [7, 11) is 1.66. The predicted octanol–water partition coefficient (Wildman–Crippen LogP) is 3.22. The zero-order valence-corrected chi connectivity index (χ0v) is 13.7. The zero-order valence-electron chi connectivity index (χ0n) is 13.7. The monoisotopic (exact) mass is 323 g/mol. The lowest BCUT2D eigenvalue weighted by Crippen LogP contribution is -2.37. The lowest BCUT2D eigenvalue weighted by atomic mass is 9.95. The maximum Gasteiger partial charge on any atom is 0.503 e. The SMILES string of the molecule is COc1ccc(CC(=O)NC2CCCCC2)c(C)c1.O=C(O)O. The fourth-order valence-electron chi connectivity index (χ4n) is 2.69. The fraction of sp³-hybridized carbons (Fsp3) is 0.529. The molecule has 0 radical (unpaired) electrons. The molecular weight excluding hydrogens is 298 g/mol. The van der Waals surface area contributed by atoms with Gasteiger partial charge in [0.05, 0.1) is 13.5 Å². The Bertz CT molecular complexity index is 520. The van der Waals surface area contributed by atoms with Crippen LogP contribution in [0.3, 0.4) is 0 Å². The number of hydrogen-bond donors (Lipinski definition) is 3. The highest BCUT2D eigenvalue weighted by molar-refractivity contribution is 5.79. The first-order chi connectivity index (χ1) is 10.9. The second kappa shape index (κ2) is 9.71. The number of carbonyl (C=O) groups is 2. The van der Waals surface area contributed by atoms with Crippen molar-refractivity contribution in [3.63, 3.8) is 0 Å². The summed E-state index contributed by atoms with van der Waals surface area (Å²) in [6, 6.07) is 6.26. The standard InChI is InChI=1S/C16H23NO2.CH2O3/c1-12-10-15(19-2)9-8-13(12)11-16(18)17-14-6-4-3-5-7-14;2-1(3)4/h8-10,14H,3-7,11H2,1-2H3,(H,17,18);(H2,2,3,4). The molecule has 0 aromatic heterocycles. The smallest absolute Gasteiger partial charge is 0.497 e. The minimum absolute atomic E-state index is 0.139. The number of benzene rings is 1. The molecule has 6 heteroatoms. The van der Waals surface area contributed by atoms with Gasteiger partial charge in [-0.2, -0.15) is 0 Å². The Balaban J connectivity index is 0.000000593. The highest BCUT2D eigenvalue weighted by Gasteiger charge is 2.16. The number of carboxylic acid groups (broad SMARTS) is 2. The highest BCUT2D eigenvalue weighted by atomic mass is 16.6. The average Bonchev–Trinajstić information content (AvgIpc) is 2.49. The summed E-state index contributed by atoms with van der Waals surface area (Å²) in [5.41, 5.74) is 2.19. The molecule has 0 atom stereocenters. The van der Waals surface area contributed by atoms with Crippen molar-refractivity contribution in [1.82, 2.24) is 5.32 Å². The van der Waals surface area contributed by atoms with Crippen LogP contribution in [0.15, 0.2) is 18.2 Å². The second-order valence-electron chi connectivity index (χ2n) is 5.65. The third kappa shape index (κ3) is 7.54. The molecule has 23 heavy (non-hydrogen) atoms. The minimum atomic E-state index is -1.83. The van der Waals surface area contributed by atoms with E-state index in [1.54, 1.807) is 7.11 Å². The molecule has 1 amide bonds. The summed E-state index contributed by atoms with van der Waals surface area (Å²) >= 11 is 0. The summed E-state index contributed by atoms with van der Waals surface area (Å²) in [5.74, 6) is 0.981. The molecule has 2 rings (SSSR count). The third-order valence-corrected chi connectivity index (χ3v) is 3.87. The van der Waals surface area contributed by atoms with Crippen molar-refractivity contribution in [3.05, 3.63) is 29.3 Å². The van der Waals surface area contributed by atoms with Gasteiger partial charge in [0, 0.05) is 6.04 Å². The molecule has 1 saturated carbocycles. The summed E-state index contributed by atoms with van der Waals surface area (Å²) in [5, 5.41) is 17.1. The largest absolute Gasteiger partial charge is 0.503 e. The predicted molar refractivity (Wildman–Crippen MR) is 87.1 cm³/mol. The maximum atomic E-state index is 12.0. The Morgan fingerprint density at radius 2 is 1.83 bits per heavy atom. The van der Waals surface area contributed by atoms with Crippen molar-refractivity contribution in [2.45, 2.75) is 51.5 Å². The molecule has 1 fully saturated rings. The van der Waals surface area contributed by atoms with E-state index >= 15 is 0 Å². The van der Waals surface area contributed by atoms with Crippen molar-refractivity contribution < 1.29 is 24.5 Å². The number of hydrogen-bond acceptors (Lipinski definition) is 3. The van der Waals surface area contributed by atoms with Gasteiger partial charge in [-0.3, -0.25) is 4.79 Å². The summed E-state index contributed by atoms with van der Waals surface area (Å²) in [4.78, 5) is 20.6. The van der Waals surface area contributed by atoms with Gasteiger partial charge in [-0.25, -0.2) is 4.79 Å². The Morgan fingerprint density at radius 3 is 2.35 bits per heavy atom. The van der Waals surface area contributed by atoms with Crippen molar-refractivity contribution in [2.24, 2.45) is 0 Å². The molecule has 0 bridgehead atoms. The van der Waals surface area contributed by atoms with E-state index in [9.17, 15) is 4.79 Å². The van der Waals surface area contributed by atoms with Gasteiger partial charge in [-0.1, -0.05) is 25.3 Å². The topological polar surface area (TPSA) is 95.9 Å². The number of rotatable bonds is 4. The Labute approximate surface area is 136 Å². The number of methoxy groups -OCH3 is 1. The van der Waals surface area contributed by atoms with E-state index in [0.29, 0.717) is 12.5 Å². The maximum absolute atomic E-state index is 12.0. The number of amides is 1. The molecule has 6 nitrogen and oxygen atoms in total. The van der Waals surface area contributed by atoms with Gasteiger partial charge in [0.15, 0.2) is 0 Å². The zero-order chi connectivity index (χ0) is 17.2. The van der Waals surface area contributed by atoms with Gasteiger partial charge < -0.3 is 20.3 Å². The van der Waals surface area contributed by atoms with Gasteiger partial charge >= 0.3 is 6.16 Å². The molecule has 1 aromatic rings. The first kappa shape index (κ1) is 18.8. The van der Waals surface area contributed by atoms with E-state index in [-0.39, 0.29) is 5.91 Å². The molecule has 1 aromatic carbocycles. The molecule has 0 saturated heterocycles. The number of carbonyl (C=O) groups excluding carboxylic acids is 1. The van der Waals surface area contributed by atoms with Crippen molar-refractivity contribution >= 4 is 12.1 Å². The van der Waals surface area contributed by atoms with Gasteiger partial charge in [0.2, 0.25) is 5.91 Å². The lowest BCUT2D eigenvalue weighted by Gasteiger charge is -2.23. The van der Waals surface area contributed by atoms with Crippen LogP contribution >= 0.6 is 0 Å². The van der Waals surface area contributed by atoms with Crippen LogP contribution in [0, 0.1) is 6.92 Å². The molecule has 1 aliphatic carbocycles. The number of aryl methyl sites for hydroxylation is 1. The summed E-state index contributed by atoms with van der Waals surface area (Å²) in [6.45, 7) is 2.02. The first-order valence-electron chi connectivity index (χ1n) is 7.77. The van der Waals surface area contributed by atoms with Crippen LogP contribution in [0.1, 0.15) is 43.2 Å². The molecule has 128 valence electrons. The van der Waals surface area contributed by atoms with Crippen LogP contribution in [0.5, 0.6) is 5.75 Å².